The molecule has 13 heavy (non-hydrogen) atoms. The predicted molar refractivity (Wildman–Crippen MR) is 47.7 cm³/mol. The molecule has 0 aromatic rings. The SMILES string of the molecule is N[C@H](CCC(=O)O)C(=O)O.O.O.[Be+2].[H-].[H-]. The molecule has 7 nitrogen and oxygen atoms in total. The van der Waals surface area contributed by atoms with E-state index in [4.69, 9.17) is 15.9 Å². The summed E-state index contributed by atoms with van der Waals surface area (Å²) in [5.41, 5.74) is 5.00. The smallest absolute Gasteiger partial charge is 1.00 e. The summed E-state index contributed by atoms with van der Waals surface area (Å²) in [6.45, 7) is 0. The molecule has 1 atom stereocenters. The molecule has 78 valence electrons. The third-order valence-electron chi connectivity index (χ3n) is 0.986. The van der Waals surface area contributed by atoms with Gasteiger partial charge in [0.2, 0.25) is 0 Å². The van der Waals surface area contributed by atoms with Gasteiger partial charge in [-0.25, -0.2) is 0 Å². The third kappa shape index (κ3) is 13.9. The summed E-state index contributed by atoms with van der Waals surface area (Å²) in [5, 5.41) is 16.3. The van der Waals surface area contributed by atoms with Crippen LogP contribution < -0.4 is 5.73 Å². The van der Waals surface area contributed by atoms with E-state index in [2.05, 4.69) is 0 Å². The third-order valence-corrected chi connectivity index (χ3v) is 0.986. The Hall–Kier alpha value is -1.01. The number of carbonyl (C=O) groups is 2. The van der Waals surface area contributed by atoms with Crippen LogP contribution in [-0.2, 0) is 9.59 Å². The molecule has 0 bridgehead atoms. The zero-order chi connectivity index (χ0) is 8.15. The van der Waals surface area contributed by atoms with Crippen LogP contribution in [0.15, 0.2) is 0 Å². The minimum Gasteiger partial charge on any atom is -1.00 e. The number of hydrogen-bond acceptors (Lipinski definition) is 3. The maximum atomic E-state index is 9.99. The average molecular weight is 194 g/mol. The van der Waals surface area contributed by atoms with Gasteiger partial charge in [-0.05, 0) is 6.42 Å². The minimum absolute atomic E-state index is 0. The van der Waals surface area contributed by atoms with Crippen molar-refractivity contribution in [1.29, 1.82) is 0 Å². The monoisotopic (exact) mass is 194 g/mol. The fourth-order valence-electron chi connectivity index (χ4n) is 0.402. The Kier molecular flexibility index (Phi) is 19.2. The first kappa shape index (κ1) is 22.7. The van der Waals surface area contributed by atoms with E-state index in [9.17, 15) is 9.59 Å². The second-order valence-electron chi connectivity index (χ2n) is 1.88. The fourth-order valence-corrected chi connectivity index (χ4v) is 0.402. The van der Waals surface area contributed by atoms with Crippen LogP contribution in [0.25, 0.3) is 0 Å². The molecule has 0 spiro atoms. The number of rotatable bonds is 4. The molecule has 0 heterocycles. The van der Waals surface area contributed by atoms with Crippen LogP contribution in [0.3, 0.4) is 0 Å². The summed E-state index contributed by atoms with van der Waals surface area (Å²) < 4.78 is 0. The van der Waals surface area contributed by atoms with E-state index in [-0.39, 0.29) is 36.8 Å². The van der Waals surface area contributed by atoms with Crippen molar-refractivity contribution in [3.63, 3.8) is 0 Å². The molecule has 0 aliphatic heterocycles. The zero-order valence-corrected chi connectivity index (χ0v) is 6.99. The quantitative estimate of drug-likeness (QED) is 0.419. The number of carboxylic acid groups (broad SMARTS) is 2. The van der Waals surface area contributed by atoms with Crippen molar-refractivity contribution in [3.05, 3.63) is 0 Å². The molecule has 8 heteroatoms. The molecule has 0 aliphatic rings. The Morgan fingerprint density at radius 3 is 1.92 bits per heavy atom. The Balaban J connectivity index is -0.0000000405. The summed E-state index contributed by atoms with van der Waals surface area (Å²) in [6.07, 6.45) is -0.224. The summed E-state index contributed by atoms with van der Waals surface area (Å²) in [6, 6.07) is -1.06. The van der Waals surface area contributed by atoms with Gasteiger partial charge in [0, 0.05) is 6.42 Å². The molecule has 0 unspecified atom stereocenters. The summed E-state index contributed by atoms with van der Waals surface area (Å²) in [4.78, 5) is 19.9. The standard InChI is InChI=1S/C5H9NO4.Be.2H2O.2H/c6-3(5(9)10)1-2-4(7)8;;;;;/h3H,1-2,6H2,(H,7,8)(H,9,10);;2*1H2;;/q;+2;;;2*-1/t3-;;;;;/m1...../s1. The van der Waals surface area contributed by atoms with Crippen molar-refractivity contribution in [2.45, 2.75) is 18.9 Å². The summed E-state index contributed by atoms with van der Waals surface area (Å²) >= 11 is 0. The largest absolute Gasteiger partial charge is 2.00 e. The van der Waals surface area contributed by atoms with Crippen LogP contribution in [0, 0.1) is 0 Å². The number of nitrogens with two attached hydrogens (primary N) is 1. The second-order valence-corrected chi connectivity index (χ2v) is 1.88. The molecule has 0 radical (unpaired) electrons. The van der Waals surface area contributed by atoms with Crippen molar-refractivity contribution in [2.75, 3.05) is 0 Å². The van der Waals surface area contributed by atoms with E-state index < -0.39 is 18.0 Å². The normalized spacial score (nSPS) is 9.62. The first-order valence-corrected chi connectivity index (χ1v) is 2.74. The van der Waals surface area contributed by atoms with Crippen LogP contribution in [-0.4, -0.2) is 49.3 Å². The first-order chi connectivity index (χ1) is 4.54. The molecule has 0 rings (SSSR count). The van der Waals surface area contributed by atoms with E-state index in [0.29, 0.717) is 0 Å². The average Bonchev–Trinajstić information content (AvgIpc) is 1.82. The van der Waals surface area contributed by atoms with E-state index in [1.165, 1.54) is 0 Å². The van der Waals surface area contributed by atoms with Gasteiger partial charge in [-0.1, -0.05) is 0 Å². The van der Waals surface area contributed by atoms with Gasteiger partial charge in [0.05, 0.1) is 0 Å². The van der Waals surface area contributed by atoms with Gasteiger partial charge in [0.25, 0.3) is 0 Å². The maximum Gasteiger partial charge on any atom is 2.00 e. The van der Waals surface area contributed by atoms with Crippen LogP contribution in [0.1, 0.15) is 15.7 Å². The van der Waals surface area contributed by atoms with Crippen molar-refractivity contribution >= 4 is 22.1 Å². The maximum absolute atomic E-state index is 9.99. The molecule has 0 aromatic carbocycles. The van der Waals surface area contributed by atoms with Gasteiger partial charge in [-0.3, -0.25) is 9.59 Å². The van der Waals surface area contributed by atoms with Crippen LogP contribution in [0.2, 0.25) is 0 Å². The van der Waals surface area contributed by atoms with Gasteiger partial charge in [0.1, 0.15) is 6.04 Å². The molecule has 0 aromatic heterocycles. The Bertz CT molecular complexity index is 160. The van der Waals surface area contributed by atoms with Crippen LogP contribution >= 0.6 is 0 Å². The van der Waals surface area contributed by atoms with Gasteiger partial charge in [-0.15, -0.1) is 0 Å². The van der Waals surface area contributed by atoms with E-state index in [1.807, 2.05) is 0 Å². The van der Waals surface area contributed by atoms with Gasteiger partial charge < -0.3 is 29.8 Å². The van der Waals surface area contributed by atoms with E-state index in [0.717, 1.165) is 0 Å². The Morgan fingerprint density at radius 1 is 1.31 bits per heavy atom. The van der Waals surface area contributed by atoms with E-state index in [1.54, 1.807) is 0 Å². The fraction of sp³-hybridized carbons (Fsp3) is 0.600. The predicted octanol–water partition coefficient (Wildman–Crippen LogP) is -2.54. The molecular formula is C5H15BeNO6. The van der Waals surface area contributed by atoms with Gasteiger partial charge >= 0.3 is 22.1 Å². The molecule has 0 saturated heterocycles. The van der Waals surface area contributed by atoms with Crippen molar-refractivity contribution in [2.24, 2.45) is 5.73 Å². The summed E-state index contributed by atoms with van der Waals surface area (Å²) in [5.74, 6) is -2.20. The number of hydrogen-bond donors (Lipinski definition) is 3. The molecule has 0 amide bonds. The van der Waals surface area contributed by atoms with Crippen LogP contribution in [0.5, 0.6) is 0 Å². The van der Waals surface area contributed by atoms with Crippen molar-refractivity contribution in [1.82, 2.24) is 0 Å². The zero-order valence-electron chi connectivity index (χ0n) is 8.99. The molecular weight excluding hydrogens is 179 g/mol. The number of carboxylic acids is 2. The Labute approximate surface area is 81.3 Å². The molecule has 0 saturated carbocycles. The topological polar surface area (TPSA) is 164 Å². The van der Waals surface area contributed by atoms with Gasteiger partial charge in [0.15, 0.2) is 0 Å². The van der Waals surface area contributed by atoms with E-state index >= 15 is 0 Å². The molecule has 0 fully saturated rings. The number of aliphatic carboxylic acids is 2. The van der Waals surface area contributed by atoms with Crippen LogP contribution in [0.4, 0.5) is 0 Å². The van der Waals surface area contributed by atoms with Crippen molar-refractivity contribution in [3.8, 4) is 0 Å². The molecule has 0 aliphatic carbocycles. The molecule has 8 N–H and O–H groups in total. The Morgan fingerprint density at radius 2 is 1.69 bits per heavy atom. The van der Waals surface area contributed by atoms with Crippen molar-refractivity contribution < 1.29 is 33.6 Å². The first-order valence-electron chi connectivity index (χ1n) is 2.74. The van der Waals surface area contributed by atoms with Gasteiger partial charge in [-0.2, -0.15) is 0 Å². The minimum atomic E-state index is -1.17. The summed E-state index contributed by atoms with van der Waals surface area (Å²) in [7, 11) is 0. The second kappa shape index (κ2) is 11.0.